The van der Waals surface area contributed by atoms with Crippen molar-refractivity contribution in [3.63, 3.8) is 0 Å². The molecule has 0 aliphatic carbocycles. The quantitative estimate of drug-likeness (QED) is 0.225. The van der Waals surface area contributed by atoms with Crippen LogP contribution in [0.1, 0.15) is 27.1 Å². The van der Waals surface area contributed by atoms with Crippen molar-refractivity contribution in [3.05, 3.63) is 87.9 Å². The summed E-state index contributed by atoms with van der Waals surface area (Å²) in [4.78, 5) is 54.0. The molecule has 218 valence electrons. The molecular weight excluding hydrogens is 601 g/mol. The van der Waals surface area contributed by atoms with Gasteiger partial charge in [0.2, 0.25) is 5.91 Å². The van der Waals surface area contributed by atoms with Crippen LogP contribution in [0.4, 0.5) is 5.69 Å². The Morgan fingerprint density at radius 1 is 0.905 bits per heavy atom. The molecule has 0 bridgehead atoms. The zero-order valence-corrected chi connectivity index (χ0v) is 24.5. The van der Waals surface area contributed by atoms with Crippen LogP contribution in [0.25, 0.3) is 11.1 Å². The molecule has 0 aromatic heterocycles. The third-order valence-electron chi connectivity index (χ3n) is 6.07. The van der Waals surface area contributed by atoms with Gasteiger partial charge in [-0.25, -0.2) is 4.79 Å². The molecule has 1 heterocycles. The summed E-state index contributed by atoms with van der Waals surface area (Å²) in [7, 11) is 0. The van der Waals surface area contributed by atoms with E-state index in [0.29, 0.717) is 16.8 Å². The number of amidine groups is 1. The summed E-state index contributed by atoms with van der Waals surface area (Å²) in [6.45, 7) is -0.0926. The molecule has 4 rings (SSSR count). The SMILES string of the molecule is O=C(CNC(=O)c1cccc(NC2=NCCCS2)c1)NC[C@@H](NC(=O)c1c(Cl)cc(-c2ccccc2)cc1Cl)C(=O)O. The second-order valence-electron chi connectivity index (χ2n) is 9.13. The smallest absolute Gasteiger partial charge is 0.328 e. The molecule has 1 aliphatic rings. The Bertz CT molecular complexity index is 1500. The molecule has 42 heavy (non-hydrogen) atoms. The van der Waals surface area contributed by atoms with Crippen molar-refractivity contribution in [3.8, 4) is 11.1 Å². The number of carboxylic acid groups (broad SMARTS) is 1. The Morgan fingerprint density at radius 3 is 2.31 bits per heavy atom. The highest BCUT2D eigenvalue weighted by molar-refractivity contribution is 8.14. The summed E-state index contributed by atoms with van der Waals surface area (Å²) in [6, 6.07) is 17.7. The minimum absolute atomic E-state index is 0.0412. The summed E-state index contributed by atoms with van der Waals surface area (Å²) in [5.41, 5.74) is 2.46. The van der Waals surface area contributed by atoms with E-state index in [2.05, 4.69) is 26.3 Å². The van der Waals surface area contributed by atoms with Gasteiger partial charge in [-0.1, -0.05) is 71.4 Å². The average molecular weight is 629 g/mol. The number of rotatable bonds is 10. The Kier molecular flexibility index (Phi) is 10.8. The molecule has 1 aliphatic heterocycles. The summed E-state index contributed by atoms with van der Waals surface area (Å²) >= 11 is 14.3. The van der Waals surface area contributed by atoms with Gasteiger partial charge in [0.1, 0.15) is 6.04 Å². The number of nitrogens with zero attached hydrogens (tertiary/aromatic N) is 1. The van der Waals surface area contributed by atoms with Gasteiger partial charge < -0.3 is 26.4 Å². The average Bonchev–Trinajstić information content (AvgIpc) is 2.98. The first-order valence-corrected chi connectivity index (χ1v) is 14.6. The molecule has 3 aromatic carbocycles. The summed E-state index contributed by atoms with van der Waals surface area (Å²) < 4.78 is 0. The predicted octanol–water partition coefficient (Wildman–Crippen LogP) is 4.29. The number of hydrogen-bond donors (Lipinski definition) is 5. The summed E-state index contributed by atoms with van der Waals surface area (Å²) in [5.74, 6) is -2.36. The second-order valence-corrected chi connectivity index (χ2v) is 11.0. The molecular formula is C29H27Cl2N5O5S. The van der Waals surface area contributed by atoms with Gasteiger partial charge in [0.25, 0.3) is 11.8 Å². The Hall–Kier alpha value is -4.06. The first-order chi connectivity index (χ1) is 20.2. The lowest BCUT2D eigenvalue weighted by Gasteiger charge is -2.17. The van der Waals surface area contributed by atoms with E-state index in [1.165, 1.54) is 0 Å². The van der Waals surface area contributed by atoms with E-state index >= 15 is 0 Å². The van der Waals surface area contributed by atoms with Crippen LogP contribution < -0.4 is 21.3 Å². The van der Waals surface area contributed by atoms with Crippen LogP contribution in [-0.2, 0) is 9.59 Å². The molecule has 3 amide bonds. The molecule has 0 saturated heterocycles. The lowest BCUT2D eigenvalue weighted by molar-refractivity contribution is -0.139. The molecule has 3 aromatic rings. The number of halogens is 2. The van der Waals surface area contributed by atoms with Crippen LogP contribution in [-0.4, -0.2) is 65.4 Å². The zero-order valence-electron chi connectivity index (χ0n) is 22.2. The highest BCUT2D eigenvalue weighted by atomic mass is 35.5. The maximum absolute atomic E-state index is 12.9. The zero-order chi connectivity index (χ0) is 30.1. The summed E-state index contributed by atoms with van der Waals surface area (Å²) in [6.07, 6.45) is 1.02. The molecule has 10 nitrogen and oxygen atoms in total. The molecule has 0 fully saturated rings. The molecule has 0 saturated carbocycles. The molecule has 5 N–H and O–H groups in total. The number of anilines is 1. The highest BCUT2D eigenvalue weighted by Crippen LogP contribution is 2.31. The Balaban J connectivity index is 1.30. The predicted molar refractivity (Wildman–Crippen MR) is 166 cm³/mol. The Labute approximate surface area is 256 Å². The number of nitrogens with one attached hydrogen (secondary N) is 4. The van der Waals surface area contributed by atoms with E-state index in [1.807, 2.05) is 30.3 Å². The van der Waals surface area contributed by atoms with Crippen LogP contribution in [0, 0.1) is 0 Å². The Morgan fingerprint density at radius 2 is 1.64 bits per heavy atom. The van der Waals surface area contributed by atoms with Gasteiger partial charge in [0.15, 0.2) is 5.17 Å². The minimum Gasteiger partial charge on any atom is -0.480 e. The summed E-state index contributed by atoms with van der Waals surface area (Å²) in [5, 5.41) is 20.9. The van der Waals surface area contributed by atoms with Crippen LogP contribution in [0.2, 0.25) is 10.0 Å². The number of carbonyl (C=O) groups is 4. The molecule has 0 unspecified atom stereocenters. The van der Waals surface area contributed by atoms with Crippen molar-refractivity contribution >= 4 is 69.5 Å². The largest absolute Gasteiger partial charge is 0.480 e. The third kappa shape index (κ3) is 8.48. The van der Waals surface area contributed by atoms with E-state index in [9.17, 15) is 24.3 Å². The number of aliphatic carboxylic acids is 1. The lowest BCUT2D eigenvalue weighted by Crippen LogP contribution is -2.50. The third-order valence-corrected chi connectivity index (χ3v) is 7.66. The van der Waals surface area contributed by atoms with Gasteiger partial charge in [-0.2, -0.15) is 0 Å². The van der Waals surface area contributed by atoms with Crippen LogP contribution >= 0.6 is 35.0 Å². The van der Waals surface area contributed by atoms with Gasteiger partial charge in [0, 0.05) is 30.1 Å². The van der Waals surface area contributed by atoms with E-state index in [1.54, 1.807) is 48.2 Å². The van der Waals surface area contributed by atoms with Crippen LogP contribution in [0.3, 0.4) is 0 Å². The fourth-order valence-electron chi connectivity index (χ4n) is 3.96. The van der Waals surface area contributed by atoms with E-state index in [0.717, 1.165) is 29.4 Å². The fourth-order valence-corrected chi connectivity index (χ4v) is 5.45. The number of hydrogen-bond acceptors (Lipinski definition) is 7. The standard InChI is InChI=1S/C29H27Cl2N5O5S/c30-21-13-19(17-6-2-1-3-7-17)14-22(31)25(21)27(39)36-23(28(40)41)15-33-24(37)16-34-26(38)18-8-4-9-20(12-18)35-29-32-10-5-11-42-29/h1-4,6-9,12-14,23H,5,10-11,15-16H2,(H,32,35)(H,33,37)(H,34,38)(H,36,39)(H,40,41)/t23-/m1/s1. The number of carbonyl (C=O) groups excluding carboxylic acids is 3. The second kappa shape index (κ2) is 14.7. The maximum Gasteiger partial charge on any atom is 0.328 e. The van der Waals surface area contributed by atoms with Crippen molar-refractivity contribution < 1.29 is 24.3 Å². The minimum atomic E-state index is -1.48. The van der Waals surface area contributed by atoms with Crippen molar-refractivity contribution in [2.45, 2.75) is 12.5 Å². The normalized spacial score (nSPS) is 13.3. The number of benzene rings is 3. The van der Waals surface area contributed by atoms with Crippen molar-refractivity contribution in [2.75, 3.05) is 30.7 Å². The fraction of sp³-hybridized carbons (Fsp3) is 0.207. The van der Waals surface area contributed by atoms with Gasteiger partial charge in [0.05, 0.1) is 22.2 Å². The molecule has 13 heteroatoms. The van der Waals surface area contributed by atoms with Crippen LogP contribution in [0.15, 0.2) is 71.7 Å². The first kappa shape index (κ1) is 30.9. The van der Waals surface area contributed by atoms with E-state index in [4.69, 9.17) is 23.2 Å². The molecule has 1 atom stereocenters. The van der Waals surface area contributed by atoms with Crippen molar-refractivity contribution in [1.29, 1.82) is 0 Å². The monoisotopic (exact) mass is 627 g/mol. The maximum atomic E-state index is 12.9. The van der Waals surface area contributed by atoms with Crippen LogP contribution in [0.5, 0.6) is 0 Å². The number of carboxylic acids is 1. The first-order valence-electron chi connectivity index (χ1n) is 12.9. The lowest BCUT2D eigenvalue weighted by atomic mass is 10.0. The van der Waals surface area contributed by atoms with Crippen molar-refractivity contribution in [2.24, 2.45) is 4.99 Å². The van der Waals surface area contributed by atoms with E-state index < -0.39 is 42.8 Å². The highest BCUT2D eigenvalue weighted by Gasteiger charge is 2.25. The topological polar surface area (TPSA) is 149 Å². The molecule has 0 radical (unpaired) electrons. The van der Waals surface area contributed by atoms with Gasteiger partial charge >= 0.3 is 5.97 Å². The number of amides is 3. The van der Waals surface area contributed by atoms with Gasteiger partial charge in [-0.3, -0.25) is 19.4 Å². The van der Waals surface area contributed by atoms with Gasteiger partial charge in [-0.05, 0) is 47.9 Å². The number of aliphatic imine (C=N–C) groups is 1. The van der Waals surface area contributed by atoms with E-state index in [-0.39, 0.29) is 15.6 Å². The van der Waals surface area contributed by atoms with Gasteiger partial charge in [-0.15, -0.1) is 0 Å². The van der Waals surface area contributed by atoms with Crippen molar-refractivity contribution in [1.82, 2.24) is 16.0 Å². The molecule has 0 spiro atoms. The number of thioether (sulfide) groups is 1.